The SMILES string of the molecule is [CH2]CCC1CC(=O)Oc2cc(N(CC)CC)ccc21. The van der Waals surface area contributed by atoms with E-state index in [9.17, 15) is 4.79 Å². The normalized spacial score (nSPS) is 17.8. The molecular formula is C16H22NO2. The highest BCUT2D eigenvalue weighted by atomic mass is 16.5. The van der Waals surface area contributed by atoms with E-state index < -0.39 is 0 Å². The fourth-order valence-corrected chi connectivity index (χ4v) is 2.71. The van der Waals surface area contributed by atoms with Crippen LogP contribution in [-0.2, 0) is 4.79 Å². The predicted molar refractivity (Wildman–Crippen MR) is 77.6 cm³/mol. The molecule has 1 atom stereocenters. The van der Waals surface area contributed by atoms with Crippen molar-refractivity contribution in [3.63, 3.8) is 0 Å². The fourth-order valence-electron chi connectivity index (χ4n) is 2.71. The Labute approximate surface area is 115 Å². The van der Waals surface area contributed by atoms with Crippen molar-refractivity contribution in [1.29, 1.82) is 0 Å². The minimum absolute atomic E-state index is 0.123. The van der Waals surface area contributed by atoms with E-state index in [1.165, 1.54) is 0 Å². The van der Waals surface area contributed by atoms with E-state index in [2.05, 4.69) is 37.8 Å². The number of hydrogen-bond donors (Lipinski definition) is 0. The third kappa shape index (κ3) is 2.91. The van der Waals surface area contributed by atoms with E-state index >= 15 is 0 Å². The van der Waals surface area contributed by atoms with E-state index in [1.54, 1.807) is 0 Å². The number of rotatable bonds is 5. The largest absolute Gasteiger partial charge is 0.426 e. The van der Waals surface area contributed by atoms with Gasteiger partial charge in [-0.15, -0.1) is 0 Å². The van der Waals surface area contributed by atoms with Gasteiger partial charge in [-0.1, -0.05) is 19.4 Å². The first-order valence-corrected chi connectivity index (χ1v) is 7.08. The molecule has 1 aliphatic heterocycles. The van der Waals surface area contributed by atoms with Gasteiger partial charge in [-0.05, 0) is 37.8 Å². The first kappa shape index (κ1) is 13.9. The average Bonchev–Trinajstić information content (AvgIpc) is 2.40. The molecule has 0 aliphatic carbocycles. The number of ether oxygens (including phenoxy) is 1. The number of esters is 1. The molecule has 0 aromatic heterocycles. The molecule has 0 saturated heterocycles. The molecule has 1 radical (unpaired) electrons. The topological polar surface area (TPSA) is 29.5 Å². The Bertz CT molecular complexity index is 452. The highest BCUT2D eigenvalue weighted by molar-refractivity contribution is 5.77. The average molecular weight is 260 g/mol. The number of carbonyl (C=O) groups is 1. The molecule has 0 bridgehead atoms. The fraction of sp³-hybridized carbons (Fsp3) is 0.500. The van der Waals surface area contributed by atoms with E-state index in [1.807, 2.05) is 6.07 Å². The number of carbonyl (C=O) groups excluding carboxylic acids is 1. The third-order valence-electron chi connectivity index (χ3n) is 3.76. The van der Waals surface area contributed by atoms with Gasteiger partial charge in [-0.2, -0.15) is 0 Å². The van der Waals surface area contributed by atoms with E-state index in [0.29, 0.717) is 6.42 Å². The van der Waals surface area contributed by atoms with Gasteiger partial charge in [0.2, 0.25) is 0 Å². The van der Waals surface area contributed by atoms with Crippen molar-refractivity contribution in [3.05, 3.63) is 30.7 Å². The number of hydrogen-bond acceptors (Lipinski definition) is 3. The zero-order chi connectivity index (χ0) is 13.8. The molecule has 3 heteroatoms. The third-order valence-corrected chi connectivity index (χ3v) is 3.76. The first-order chi connectivity index (χ1) is 9.19. The number of nitrogens with zero attached hydrogens (tertiary/aromatic N) is 1. The summed E-state index contributed by atoms with van der Waals surface area (Å²) in [5.74, 6) is 0.876. The summed E-state index contributed by atoms with van der Waals surface area (Å²) in [6.07, 6.45) is 2.26. The molecule has 19 heavy (non-hydrogen) atoms. The highest BCUT2D eigenvalue weighted by Gasteiger charge is 2.26. The van der Waals surface area contributed by atoms with Crippen molar-refractivity contribution in [3.8, 4) is 5.75 Å². The molecule has 1 heterocycles. The quantitative estimate of drug-likeness (QED) is 0.599. The number of fused-ring (bicyclic) bond motifs is 1. The zero-order valence-electron chi connectivity index (χ0n) is 11.8. The Hall–Kier alpha value is -1.51. The second kappa shape index (κ2) is 6.09. The maximum absolute atomic E-state index is 11.7. The zero-order valence-corrected chi connectivity index (χ0v) is 11.8. The van der Waals surface area contributed by atoms with Crippen LogP contribution in [0.25, 0.3) is 0 Å². The molecule has 1 unspecified atom stereocenters. The Balaban J connectivity index is 2.33. The lowest BCUT2D eigenvalue weighted by atomic mass is 9.89. The van der Waals surface area contributed by atoms with Crippen LogP contribution in [0.4, 0.5) is 5.69 Å². The van der Waals surface area contributed by atoms with Crippen molar-refractivity contribution in [1.82, 2.24) is 0 Å². The minimum Gasteiger partial charge on any atom is -0.426 e. The van der Waals surface area contributed by atoms with Crippen LogP contribution in [0.5, 0.6) is 5.75 Å². The highest BCUT2D eigenvalue weighted by Crippen LogP contribution is 2.39. The lowest BCUT2D eigenvalue weighted by molar-refractivity contribution is -0.135. The van der Waals surface area contributed by atoms with Crippen LogP contribution in [0, 0.1) is 6.92 Å². The number of anilines is 1. The monoisotopic (exact) mass is 260 g/mol. The van der Waals surface area contributed by atoms with Gasteiger partial charge in [0, 0.05) is 24.8 Å². The molecule has 0 N–H and O–H groups in total. The molecule has 0 spiro atoms. The summed E-state index contributed by atoms with van der Waals surface area (Å²) in [4.78, 5) is 13.9. The molecule has 0 saturated carbocycles. The lowest BCUT2D eigenvalue weighted by Crippen LogP contribution is -2.24. The summed E-state index contributed by atoms with van der Waals surface area (Å²) in [7, 11) is 0. The van der Waals surface area contributed by atoms with Crippen molar-refractivity contribution in [2.45, 2.75) is 39.0 Å². The first-order valence-electron chi connectivity index (χ1n) is 7.08. The van der Waals surface area contributed by atoms with Crippen molar-refractivity contribution in [2.75, 3.05) is 18.0 Å². The Morgan fingerprint density at radius 1 is 1.37 bits per heavy atom. The van der Waals surface area contributed by atoms with Crippen LogP contribution in [0.3, 0.4) is 0 Å². The predicted octanol–water partition coefficient (Wildman–Crippen LogP) is 3.54. The molecule has 0 fully saturated rings. The smallest absolute Gasteiger partial charge is 0.311 e. The molecule has 1 aromatic rings. The number of benzene rings is 1. The lowest BCUT2D eigenvalue weighted by Gasteiger charge is -2.27. The van der Waals surface area contributed by atoms with Gasteiger partial charge in [0.05, 0.1) is 6.42 Å². The Morgan fingerprint density at radius 2 is 2.11 bits per heavy atom. The van der Waals surface area contributed by atoms with Gasteiger partial charge < -0.3 is 9.64 Å². The van der Waals surface area contributed by atoms with Gasteiger partial charge in [0.25, 0.3) is 0 Å². The summed E-state index contributed by atoms with van der Waals surface area (Å²) >= 11 is 0. The second-order valence-corrected chi connectivity index (χ2v) is 4.91. The van der Waals surface area contributed by atoms with Gasteiger partial charge in [-0.3, -0.25) is 4.79 Å². The van der Waals surface area contributed by atoms with Crippen LogP contribution in [0.1, 0.15) is 44.6 Å². The van der Waals surface area contributed by atoms with Crippen molar-refractivity contribution >= 4 is 11.7 Å². The van der Waals surface area contributed by atoms with Crippen LogP contribution >= 0.6 is 0 Å². The van der Waals surface area contributed by atoms with Crippen LogP contribution in [0.15, 0.2) is 18.2 Å². The van der Waals surface area contributed by atoms with E-state index in [0.717, 1.165) is 42.9 Å². The van der Waals surface area contributed by atoms with E-state index in [4.69, 9.17) is 4.74 Å². The van der Waals surface area contributed by atoms with Crippen molar-refractivity contribution in [2.24, 2.45) is 0 Å². The van der Waals surface area contributed by atoms with Gasteiger partial charge in [0.15, 0.2) is 0 Å². The van der Waals surface area contributed by atoms with Crippen LogP contribution < -0.4 is 9.64 Å². The summed E-state index contributed by atoms with van der Waals surface area (Å²) in [6, 6.07) is 6.23. The molecule has 0 amide bonds. The standard InChI is InChI=1S/C16H22NO2/c1-4-7-12-10-16(18)19-15-11-13(8-9-14(12)15)17(5-2)6-3/h8-9,11-12H,1,4-7,10H2,2-3H3. The summed E-state index contributed by atoms with van der Waals surface area (Å²) < 4.78 is 5.40. The Kier molecular flexibility index (Phi) is 4.46. The summed E-state index contributed by atoms with van der Waals surface area (Å²) in [5.41, 5.74) is 2.27. The maximum Gasteiger partial charge on any atom is 0.311 e. The Morgan fingerprint density at radius 3 is 2.74 bits per heavy atom. The molecule has 103 valence electrons. The molecular weight excluding hydrogens is 238 g/mol. The maximum atomic E-state index is 11.7. The van der Waals surface area contributed by atoms with Crippen molar-refractivity contribution < 1.29 is 9.53 Å². The molecule has 1 aliphatic rings. The van der Waals surface area contributed by atoms with Crippen LogP contribution in [0.2, 0.25) is 0 Å². The minimum atomic E-state index is -0.123. The summed E-state index contributed by atoms with van der Waals surface area (Å²) in [6.45, 7) is 10.0. The van der Waals surface area contributed by atoms with E-state index in [-0.39, 0.29) is 11.9 Å². The molecule has 1 aromatic carbocycles. The van der Waals surface area contributed by atoms with Crippen LogP contribution in [-0.4, -0.2) is 19.1 Å². The molecule has 3 nitrogen and oxygen atoms in total. The molecule has 2 rings (SSSR count). The second-order valence-electron chi connectivity index (χ2n) is 4.91. The van der Waals surface area contributed by atoms with Gasteiger partial charge >= 0.3 is 5.97 Å². The summed E-state index contributed by atoms with van der Waals surface area (Å²) in [5, 5.41) is 0. The van der Waals surface area contributed by atoms with Gasteiger partial charge in [-0.25, -0.2) is 0 Å². The van der Waals surface area contributed by atoms with Gasteiger partial charge in [0.1, 0.15) is 5.75 Å².